The number of Topliss-reactive ketones (excluding diaryl/α,β-unsaturated/α-hetero) is 3. The zero-order chi connectivity index (χ0) is 19.2. The van der Waals surface area contributed by atoms with E-state index in [2.05, 4.69) is 0 Å². The molecular formula is C19H22O6S. The Labute approximate surface area is 152 Å². The number of hydrogen-bond donors (Lipinski definition) is 0. The Hall–Kier alpha value is -1.86. The zero-order valence-electron chi connectivity index (χ0n) is 15.1. The predicted octanol–water partition coefficient (Wildman–Crippen LogP) is 2.29. The highest BCUT2D eigenvalue weighted by atomic mass is 32.2. The van der Waals surface area contributed by atoms with Gasteiger partial charge in [-0.1, -0.05) is 0 Å². The molecule has 0 radical (unpaired) electrons. The van der Waals surface area contributed by atoms with Gasteiger partial charge in [-0.2, -0.15) is 0 Å². The molecule has 26 heavy (non-hydrogen) atoms. The Kier molecular flexibility index (Phi) is 4.88. The molecule has 1 aromatic rings. The van der Waals surface area contributed by atoms with E-state index in [0.717, 1.165) is 0 Å². The maximum Gasteiger partial charge on any atom is 0.181 e. The van der Waals surface area contributed by atoms with E-state index in [4.69, 9.17) is 4.74 Å². The van der Waals surface area contributed by atoms with Crippen LogP contribution >= 0.6 is 0 Å². The first-order chi connectivity index (χ1) is 12.2. The molecule has 7 heteroatoms. The Morgan fingerprint density at radius 2 is 1.77 bits per heavy atom. The SMILES string of the molecule is COC1CCS(=O)(=O)c2c(C)cc(C(=O)C3C(=O)CCCC3=O)c(C)c21. The van der Waals surface area contributed by atoms with Crippen molar-refractivity contribution >= 4 is 27.2 Å². The van der Waals surface area contributed by atoms with Crippen LogP contribution in [0.3, 0.4) is 0 Å². The van der Waals surface area contributed by atoms with Gasteiger partial charge in [-0.3, -0.25) is 14.4 Å². The minimum atomic E-state index is -3.45. The first kappa shape index (κ1) is 18.9. The van der Waals surface area contributed by atoms with E-state index in [1.54, 1.807) is 13.8 Å². The van der Waals surface area contributed by atoms with Crippen LogP contribution in [0, 0.1) is 19.8 Å². The average molecular weight is 378 g/mol. The van der Waals surface area contributed by atoms with Crippen molar-refractivity contribution in [1.29, 1.82) is 0 Å². The number of carbonyl (C=O) groups is 3. The second-order valence-electron chi connectivity index (χ2n) is 7.02. The fraction of sp³-hybridized carbons (Fsp3) is 0.526. The molecular weight excluding hydrogens is 356 g/mol. The third-order valence-corrected chi connectivity index (χ3v) is 7.29. The highest BCUT2D eigenvalue weighted by molar-refractivity contribution is 7.91. The third-order valence-electron chi connectivity index (χ3n) is 5.36. The summed E-state index contributed by atoms with van der Waals surface area (Å²) in [7, 11) is -1.95. The van der Waals surface area contributed by atoms with E-state index >= 15 is 0 Å². The zero-order valence-corrected chi connectivity index (χ0v) is 15.9. The highest BCUT2D eigenvalue weighted by Crippen LogP contribution is 2.40. The molecule has 0 aromatic heterocycles. The predicted molar refractivity (Wildman–Crippen MR) is 94.0 cm³/mol. The lowest BCUT2D eigenvalue weighted by molar-refractivity contribution is -0.133. The van der Waals surface area contributed by atoms with Gasteiger partial charge in [0.1, 0.15) is 5.92 Å². The van der Waals surface area contributed by atoms with Crippen molar-refractivity contribution in [1.82, 2.24) is 0 Å². The van der Waals surface area contributed by atoms with E-state index in [-0.39, 0.29) is 40.6 Å². The second-order valence-corrected chi connectivity index (χ2v) is 9.07. The molecule has 1 saturated carbocycles. The Morgan fingerprint density at radius 3 is 2.35 bits per heavy atom. The van der Waals surface area contributed by atoms with E-state index < -0.39 is 27.6 Å². The van der Waals surface area contributed by atoms with Crippen LogP contribution in [0.15, 0.2) is 11.0 Å². The molecule has 0 spiro atoms. The fourth-order valence-corrected chi connectivity index (χ4v) is 5.97. The highest BCUT2D eigenvalue weighted by Gasteiger charge is 2.40. The summed E-state index contributed by atoms with van der Waals surface area (Å²) in [4.78, 5) is 37.5. The summed E-state index contributed by atoms with van der Waals surface area (Å²) in [5, 5.41) is 0. The van der Waals surface area contributed by atoms with Crippen molar-refractivity contribution in [3.05, 3.63) is 28.3 Å². The summed E-state index contributed by atoms with van der Waals surface area (Å²) in [6.45, 7) is 3.30. The molecule has 0 N–H and O–H groups in total. The number of carbonyl (C=O) groups excluding carboxylic acids is 3. The molecule has 1 heterocycles. The number of fused-ring (bicyclic) bond motifs is 1. The standard InChI is InChI=1S/C19H22O6S/c1-10-9-12(18(22)17-13(20)5-4-6-14(17)21)11(2)16-15(25-3)7-8-26(23,24)19(10)16/h9,15,17H,4-8H2,1-3H3. The lowest BCUT2D eigenvalue weighted by atomic mass is 9.79. The van der Waals surface area contributed by atoms with Crippen LogP contribution in [0.25, 0.3) is 0 Å². The first-order valence-electron chi connectivity index (χ1n) is 8.68. The molecule has 3 rings (SSSR count). The smallest absolute Gasteiger partial charge is 0.181 e. The summed E-state index contributed by atoms with van der Waals surface area (Å²) in [5.74, 6) is -2.50. The van der Waals surface area contributed by atoms with Crippen LogP contribution in [-0.2, 0) is 24.2 Å². The molecule has 1 aromatic carbocycles. The number of methoxy groups -OCH3 is 1. The van der Waals surface area contributed by atoms with Crippen LogP contribution in [0.2, 0.25) is 0 Å². The van der Waals surface area contributed by atoms with E-state index in [1.165, 1.54) is 13.2 Å². The van der Waals surface area contributed by atoms with E-state index in [9.17, 15) is 22.8 Å². The summed E-state index contributed by atoms with van der Waals surface area (Å²) >= 11 is 0. The molecule has 6 nitrogen and oxygen atoms in total. The van der Waals surface area contributed by atoms with Gasteiger partial charge in [0.05, 0.1) is 16.8 Å². The topological polar surface area (TPSA) is 94.6 Å². The van der Waals surface area contributed by atoms with E-state index in [1.807, 2.05) is 0 Å². The number of ether oxygens (including phenoxy) is 1. The molecule has 1 atom stereocenters. The first-order valence-corrected chi connectivity index (χ1v) is 10.3. The summed E-state index contributed by atoms with van der Waals surface area (Å²) in [5.41, 5.74) is 1.66. The molecule has 0 bridgehead atoms. The van der Waals surface area contributed by atoms with Gasteiger partial charge in [-0.05, 0) is 43.9 Å². The fourth-order valence-electron chi connectivity index (χ4n) is 4.07. The molecule has 1 unspecified atom stereocenters. The van der Waals surface area contributed by atoms with Crippen molar-refractivity contribution in [2.75, 3.05) is 12.9 Å². The van der Waals surface area contributed by atoms with Gasteiger partial charge < -0.3 is 4.74 Å². The molecule has 1 fully saturated rings. The second kappa shape index (κ2) is 6.70. The maximum atomic E-state index is 13.0. The van der Waals surface area contributed by atoms with Gasteiger partial charge in [0.15, 0.2) is 27.2 Å². The van der Waals surface area contributed by atoms with Crippen LogP contribution < -0.4 is 0 Å². The van der Waals surface area contributed by atoms with Gasteiger partial charge in [-0.25, -0.2) is 8.42 Å². The Morgan fingerprint density at radius 1 is 1.15 bits per heavy atom. The summed E-state index contributed by atoms with van der Waals surface area (Å²) in [6, 6.07) is 1.50. The molecule has 0 amide bonds. The van der Waals surface area contributed by atoms with Crippen molar-refractivity contribution in [2.45, 2.75) is 50.5 Å². The summed E-state index contributed by atoms with van der Waals surface area (Å²) in [6.07, 6.45) is 0.803. The molecule has 0 saturated heterocycles. The minimum Gasteiger partial charge on any atom is -0.377 e. The monoisotopic (exact) mass is 378 g/mol. The van der Waals surface area contributed by atoms with Gasteiger partial charge >= 0.3 is 0 Å². The Balaban J connectivity index is 2.19. The van der Waals surface area contributed by atoms with Crippen LogP contribution in [0.5, 0.6) is 0 Å². The van der Waals surface area contributed by atoms with Crippen molar-refractivity contribution in [3.8, 4) is 0 Å². The molecule has 1 aliphatic carbocycles. The number of sulfone groups is 1. The van der Waals surface area contributed by atoms with Crippen LogP contribution in [0.4, 0.5) is 0 Å². The lowest BCUT2D eigenvalue weighted by Gasteiger charge is -2.29. The summed E-state index contributed by atoms with van der Waals surface area (Å²) < 4.78 is 30.6. The Bertz CT molecular complexity index is 896. The molecule has 2 aliphatic rings. The van der Waals surface area contributed by atoms with Gasteiger partial charge in [0.25, 0.3) is 0 Å². The normalized spacial score (nSPS) is 23.0. The van der Waals surface area contributed by atoms with Crippen molar-refractivity contribution in [3.63, 3.8) is 0 Å². The number of benzene rings is 1. The van der Waals surface area contributed by atoms with Gasteiger partial charge in [0, 0.05) is 31.1 Å². The number of hydrogen-bond acceptors (Lipinski definition) is 6. The van der Waals surface area contributed by atoms with Gasteiger partial charge in [0.2, 0.25) is 0 Å². The third kappa shape index (κ3) is 2.93. The van der Waals surface area contributed by atoms with Crippen LogP contribution in [-0.4, -0.2) is 38.6 Å². The largest absolute Gasteiger partial charge is 0.377 e. The maximum absolute atomic E-state index is 13.0. The van der Waals surface area contributed by atoms with Crippen molar-refractivity contribution < 1.29 is 27.5 Å². The van der Waals surface area contributed by atoms with E-state index in [0.29, 0.717) is 29.5 Å². The lowest BCUT2D eigenvalue weighted by Crippen LogP contribution is -2.36. The number of aryl methyl sites for hydroxylation is 1. The average Bonchev–Trinajstić information content (AvgIpc) is 2.57. The number of ketones is 3. The minimum absolute atomic E-state index is 0.00826. The molecule has 140 valence electrons. The number of rotatable bonds is 3. The van der Waals surface area contributed by atoms with Crippen LogP contribution in [0.1, 0.15) is 58.8 Å². The molecule has 1 aliphatic heterocycles. The van der Waals surface area contributed by atoms with Gasteiger partial charge in [-0.15, -0.1) is 0 Å². The quantitative estimate of drug-likeness (QED) is 0.592. The van der Waals surface area contributed by atoms with Crippen molar-refractivity contribution in [2.24, 2.45) is 5.92 Å².